The van der Waals surface area contributed by atoms with Crippen molar-refractivity contribution in [2.45, 2.75) is 6.54 Å². The molecule has 0 unspecified atom stereocenters. The molecule has 1 heterocycles. The minimum Gasteiger partial charge on any atom is -0.478 e. The van der Waals surface area contributed by atoms with Crippen LogP contribution in [0.3, 0.4) is 0 Å². The van der Waals surface area contributed by atoms with Crippen LogP contribution in [0.1, 0.15) is 15.9 Å². The third-order valence-electron chi connectivity index (χ3n) is 2.45. The SMILES string of the molecule is O=C(O)c1cc(Br)n(Cc2ccc(F)cc2Br)c1. The highest BCUT2D eigenvalue weighted by molar-refractivity contribution is 9.10. The van der Waals surface area contributed by atoms with Crippen LogP contribution in [0.5, 0.6) is 0 Å². The van der Waals surface area contributed by atoms with E-state index in [0.29, 0.717) is 15.6 Å². The van der Waals surface area contributed by atoms with Gasteiger partial charge in [0.15, 0.2) is 0 Å². The van der Waals surface area contributed by atoms with Crippen LogP contribution in [-0.2, 0) is 6.54 Å². The highest BCUT2D eigenvalue weighted by Gasteiger charge is 2.10. The summed E-state index contributed by atoms with van der Waals surface area (Å²) >= 11 is 6.57. The number of carbonyl (C=O) groups is 1. The maximum atomic E-state index is 13.0. The number of rotatable bonds is 3. The van der Waals surface area contributed by atoms with Crippen molar-refractivity contribution >= 4 is 37.8 Å². The predicted octanol–water partition coefficient (Wildman–Crippen LogP) is 3.90. The molecule has 0 fully saturated rings. The van der Waals surface area contributed by atoms with Gasteiger partial charge in [0.05, 0.1) is 10.2 Å². The number of hydrogen-bond acceptors (Lipinski definition) is 1. The zero-order valence-electron chi connectivity index (χ0n) is 9.03. The maximum absolute atomic E-state index is 13.0. The fraction of sp³-hybridized carbons (Fsp3) is 0.0833. The third kappa shape index (κ3) is 2.81. The van der Waals surface area contributed by atoms with Crippen LogP contribution in [0.2, 0.25) is 0 Å². The molecule has 0 aliphatic carbocycles. The van der Waals surface area contributed by atoms with Gasteiger partial charge in [-0.25, -0.2) is 9.18 Å². The van der Waals surface area contributed by atoms with Gasteiger partial charge in [-0.15, -0.1) is 0 Å². The lowest BCUT2D eigenvalue weighted by Crippen LogP contribution is -2.00. The molecule has 0 aliphatic heterocycles. The van der Waals surface area contributed by atoms with E-state index in [1.807, 2.05) is 0 Å². The number of hydrogen-bond donors (Lipinski definition) is 1. The maximum Gasteiger partial charge on any atom is 0.337 e. The average Bonchev–Trinajstić information content (AvgIpc) is 2.64. The summed E-state index contributed by atoms with van der Waals surface area (Å²) in [5.74, 6) is -1.30. The van der Waals surface area contributed by atoms with E-state index < -0.39 is 5.97 Å². The Morgan fingerprint density at radius 1 is 1.33 bits per heavy atom. The molecule has 1 aromatic carbocycles. The Kier molecular flexibility index (Phi) is 3.87. The highest BCUT2D eigenvalue weighted by Crippen LogP contribution is 2.22. The minimum absolute atomic E-state index is 0.208. The van der Waals surface area contributed by atoms with E-state index in [0.717, 1.165) is 5.56 Å². The van der Waals surface area contributed by atoms with E-state index in [-0.39, 0.29) is 11.4 Å². The van der Waals surface area contributed by atoms with E-state index in [4.69, 9.17) is 5.11 Å². The van der Waals surface area contributed by atoms with Gasteiger partial charge in [-0.05, 0) is 39.7 Å². The second-order valence-electron chi connectivity index (χ2n) is 3.72. The Labute approximate surface area is 119 Å². The van der Waals surface area contributed by atoms with Crippen molar-refractivity contribution in [1.29, 1.82) is 0 Å². The van der Waals surface area contributed by atoms with Crippen LogP contribution in [0.25, 0.3) is 0 Å². The average molecular weight is 377 g/mol. The lowest BCUT2D eigenvalue weighted by molar-refractivity contribution is 0.0697. The van der Waals surface area contributed by atoms with Crippen molar-refractivity contribution in [2.75, 3.05) is 0 Å². The Morgan fingerprint density at radius 3 is 2.61 bits per heavy atom. The summed E-state index contributed by atoms with van der Waals surface area (Å²) < 4.78 is 16.0. The molecule has 1 N–H and O–H groups in total. The summed E-state index contributed by atoms with van der Waals surface area (Å²) in [5, 5.41) is 8.89. The Morgan fingerprint density at radius 2 is 2.06 bits per heavy atom. The first kappa shape index (κ1) is 13.3. The largest absolute Gasteiger partial charge is 0.478 e. The molecule has 0 saturated heterocycles. The lowest BCUT2D eigenvalue weighted by Gasteiger charge is -2.07. The van der Waals surface area contributed by atoms with Crippen molar-refractivity contribution in [2.24, 2.45) is 0 Å². The molecular weight excluding hydrogens is 369 g/mol. The van der Waals surface area contributed by atoms with Gasteiger partial charge in [-0.1, -0.05) is 22.0 Å². The standard InChI is InChI=1S/C12H8Br2FNO2/c13-10-4-9(15)2-1-7(10)5-16-6-8(12(17)18)3-11(16)14/h1-4,6H,5H2,(H,17,18). The summed E-state index contributed by atoms with van der Waals surface area (Å²) in [6.45, 7) is 0.453. The minimum atomic E-state index is -0.979. The molecule has 0 bridgehead atoms. The molecule has 3 nitrogen and oxygen atoms in total. The normalized spacial score (nSPS) is 10.6. The molecule has 0 saturated carbocycles. The van der Waals surface area contributed by atoms with Gasteiger partial charge in [-0.2, -0.15) is 0 Å². The monoisotopic (exact) mass is 375 g/mol. The quantitative estimate of drug-likeness (QED) is 0.882. The highest BCUT2D eigenvalue weighted by atomic mass is 79.9. The summed E-state index contributed by atoms with van der Waals surface area (Å²) in [5.41, 5.74) is 1.07. The van der Waals surface area contributed by atoms with Gasteiger partial charge >= 0.3 is 5.97 Å². The Bertz CT molecular complexity index is 610. The topological polar surface area (TPSA) is 42.2 Å². The van der Waals surface area contributed by atoms with Crippen LogP contribution < -0.4 is 0 Å². The van der Waals surface area contributed by atoms with E-state index in [1.54, 1.807) is 10.6 Å². The van der Waals surface area contributed by atoms with Crippen molar-refractivity contribution in [3.8, 4) is 0 Å². The molecule has 0 radical (unpaired) electrons. The molecule has 2 rings (SSSR count). The number of carboxylic acids is 1. The van der Waals surface area contributed by atoms with Crippen LogP contribution in [0.15, 0.2) is 39.5 Å². The summed E-state index contributed by atoms with van der Waals surface area (Å²) in [6.07, 6.45) is 1.53. The van der Waals surface area contributed by atoms with E-state index >= 15 is 0 Å². The molecule has 6 heteroatoms. The van der Waals surface area contributed by atoms with Crippen LogP contribution in [0, 0.1) is 5.82 Å². The summed E-state index contributed by atoms with van der Waals surface area (Å²) in [4.78, 5) is 10.8. The molecule has 18 heavy (non-hydrogen) atoms. The zero-order chi connectivity index (χ0) is 13.3. The number of aromatic nitrogens is 1. The van der Waals surface area contributed by atoms with E-state index in [1.165, 1.54) is 24.4 Å². The van der Waals surface area contributed by atoms with Crippen LogP contribution in [0.4, 0.5) is 4.39 Å². The van der Waals surface area contributed by atoms with Gasteiger partial charge in [0.25, 0.3) is 0 Å². The second kappa shape index (κ2) is 5.24. The molecule has 0 aliphatic rings. The molecule has 0 spiro atoms. The molecule has 94 valence electrons. The zero-order valence-corrected chi connectivity index (χ0v) is 12.2. The van der Waals surface area contributed by atoms with Crippen molar-refractivity contribution in [1.82, 2.24) is 4.57 Å². The van der Waals surface area contributed by atoms with Crippen molar-refractivity contribution in [3.63, 3.8) is 0 Å². The van der Waals surface area contributed by atoms with E-state index in [2.05, 4.69) is 31.9 Å². The number of nitrogens with zero attached hydrogens (tertiary/aromatic N) is 1. The van der Waals surface area contributed by atoms with Gasteiger partial charge in [-0.3, -0.25) is 0 Å². The Hall–Kier alpha value is -1.14. The fourth-order valence-corrected chi connectivity index (χ4v) is 2.50. The van der Waals surface area contributed by atoms with Crippen molar-refractivity contribution < 1.29 is 14.3 Å². The van der Waals surface area contributed by atoms with Gasteiger partial charge < -0.3 is 9.67 Å². The molecular formula is C12H8Br2FNO2. The molecule has 1 aromatic heterocycles. The fourth-order valence-electron chi connectivity index (χ4n) is 1.55. The molecule has 2 aromatic rings. The summed E-state index contributed by atoms with van der Waals surface area (Å²) in [6, 6.07) is 5.94. The third-order valence-corrected chi connectivity index (χ3v) is 3.87. The number of aromatic carboxylic acids is 1. The first-order valence-corrected chi connectivity index (χ1v) is 6.59. The first-order chi connectivity index (χ1) is 8.47. The van der Waals surface area contributed by atoms with E-state index in [9.17, 15) is 9.18 Å². The smallest absolute Gasteiger partial charge is 0.337 e. The van der Waals surface area contributed by atoms with Crippen LogP contribution >= 0.6 is 31.9 Å². The Balaban J connectivity index is 2.31. The van der Waals surface area contributed by atoms with Crippen molar-refractivity contribution in [3.05, 3.63) is 56.5 Å². The molecule has 0 atom stereocenters. The van der Waals surface area contributed by atoms with Crippen LogP contribution in [-0.4, -0.2) is 15.6 Å². The lowest BCUT2D eigenvalue weighted by atomic mass is 10.2. The predicted molar refractivity (Wildman–Crippen MR) is 72.3 cm³/mol. The first-order valence-electron chi connectivity index (χ1n) is 5.00. The second-order valence-corrected chi connectivity index (χ2v) is 5.39. The molecule has 0 amide bonds. The number of benzene rings is 1. The number of halogens is 3. The van der Waals surface area contributed by atoms with Gasteiger partial charge in [0.2, 0.25) is 0 Å². The summed E-state index contributed by atoms with van der Waals surface area (Å²) in [7, 11) is 0. The van der Waals surface area contributed by atoms with Gasteiger partial charge in [0, 0.05) is 17.2 Å². The van der Waals surface area contributed by atoms with Gasteiger partial charge in [0.1, 0.15) is 5.82 Å². The number of carboxylic acid groups (broad SMARTS) is 1.